The largest absolute Gasteiger partial charge is 0.497 e. The Morgan fingerprint density at radius 3 is 2.85 bits per heavy atom. The van der Waals surface area contributed by atoms with Crippen molar-refractivity contribution in [2.45, 2.75) is 31.8 Å². The van der Waals surface area contributed by atoms with Gasteiger partial charge in [-0.05, 0) is 55.2 Å². The second-order valence-corrected chi connectivity index (χ2v) is 8.67. The van der Waals surface area contributed by atoms with Crippen molar-refractivity contribution < 1.29 is 18.6 Å². The van der Waals surface area contributed by atoms with E-state index in [0.29, 0.717) is 36.8 Å². The van der Waals surface area contributed by atoms with Crippen molar-refractivity contribution in [3.05, 3.63) is 71.4 Å². The monoisotopic (exact) mass is 460 g/mol. The number of nitrogens with zero attached hydrogens (tertiary/aromatic N) is 3. The summed E-state index contributed by atoms with van der Waals surface area (Å²) in [5, 5.41) is 9.38. The fourth-order valence-corrected chi connectivity index (χ4v) is 4.74. The third-order valence-corrected chi connectivity index (χ3v) is 6.54. The summed E-state index contributed by atoms with van der Waals surface area (Å²) in [5.74, 6) is 1.59. The molecule has 4 aromatic rings. The van der Waals surface area contributed by atoms with Gasteiger partial charge >= 0.3 is 0 Å². The van der Waals surface area contributed by atoms with Crippen LogP contribution in [0.15, 0.2) is 48.8 Å². The van der Waals surface area contributed by atoms with Gasteiger partial charge < -0.3 is 19.5 Å². The molecule has 0 saturated carbocycles. The van der Waals surface area contributed by atoms with E-state index in [-0.39, 0.29) is 11.9 Å². The summed E-state index contributed by atoms with van der Waals surface area (Å²) in [6.07, 6.45) is 6.56. The van der Waals surface area contributed by atoms with Crippen molar-refractivity contribution in [1.82, 2.24) is 20.1 Å². The smallest absolute Gasteiger partial charge is 0.164 e. The first-order valence-corrected chi connectivity index (χ1v) is 11.5. The van der Waals surface area contributed by atoms with Crippen molar-refractivity contribution in [2.24, 2.45) is 0 Å². The fourth-order valence-electron chi connectivity index (χ4n) is 4.74. The molecule has 2 aliphatic rings. The van der Waals surface area contributed by atoms with Gasteiger partial charge in [-0.2, -0.15) is 5.10 Å². The van der Waals surface area contributed by atoms with Gasteiger partial charge in [0.25, 0.3) is 0 Å². The highest BCUT2D eigenvalue weighted by molar-refractivity contribution is 5.88. The lowest BCUT2D eigenvalue weighted by Crippen LogP contribution is -2.34. The summed E-state index contributed by atoms with van der Waals surface area (Å²) in [7, 11) is 1.66. The molecule has 0 spiro atoms. The van der Waals surface area contributed by atoms with Gasteiger partial charge in [0.2, 0.25) is 0 Å². The van der Waals surface area contributed by atoms with E-state index in [1.807, 2.05) is 28.9 Å². The van der Waals surface area contributed by atoms with Crippen LogP contribution in [0.2, 0.25) is 0 Å². The first kappa shape index (κ1) is 20.9. The summed E-state index contributed by atoms with van der Waals surface area (Å²) >= 11 is 0. The zero-order chi connectivity index (χ0) is 23.1. The maximum atomic E-state index is 14.5. The molecule has 34 heavy (non-hydrogen) atoms. The number of aryl methyl sites for hydroxylation is 1. The summed E-state index contributed by atoms with van der Waals surface area (Å²) in [6.45, 7) is 1.37. The normalized spacial score (nSPS) is 16.9. The lowest BCUT2D eigenvalue weighted by molar-refractivity contribution is 0.170. The molecule has 8 heteroatoms. The van der Waals surface area contributed by atoms with Crippen LogP contribution in [0.1, 0.15) is 23.2 Å². The Hall–Kier alpha value is -3.65. The molecule has 1 unspecified atom stereocenters. The number of ether oxygens (including phenoxy) is 3. The van der Waals surface area contributed by atoms with Crippen LogP contribution in [0.3, 0.4) is 0 Å². The molecule has 0 fully saturated rings. The Morgan fingerprint density at radius 1 is 1.15 bits per heavy atom. The maximum absolute atomic E-state index is 14.5. The zero-order valence-electron chi connectivity index (χ0n) is 18.9. The first-order valence-electron chi connectivity index (χ1n) is 11.5. The Kier molecular flexibility index (Phi) is 5.30. The maximum Gasteiger partial charge on any atom is 0.164 e. The Morgan fingerprint density at radius 2 is 2.00 bits per heavy atom. The van der Waals surface area contributed by atoms with E-state index in [2.05, 4.69) is 16.5 Å². The Labute approximate surface area is 196 Å². The number of benzene rings is 2. The van der Waals surface area contributed by atoms with E-state index < -0.39 is 0 Å². The molecule has 1 N–H and O–H groups in total. The highest BCUT2D eigenvalue weighted by atomic mass is 19.1. The summed E-state index contributed by atoms with van der Waals surface area (Å²) < 4.78 is 33.0. The highest BCUT2D eigenvalue weighted by Crippen LogP contribution is 2.33. The van der Waals surface area contributed by atoms with E-state index in [0.717, 1.165) is 47.3 Å². The van der Waals surface area contributed by atoms with Gasteiger partial charge in [-0.3, -0.25) is 4.98 Å². The highest BCUT2D eigenvalue weighted by Gasteiger charge is 2.23. The molecule has 1 atom stereocenters. The lowest BCUT2D eigenvalue weighted by atomic mass is 9.93. The number of hydrogen-bond donors (Lipinski definition) is 1. The Bertz CT molecular complexity index is 1370. The van der Waals surface area contributed by atoms with E-state index in [1.54, 1.807) is 19.4 Å². The van der Waals surface area contributed by atoms with Gasteiger partial charge in [0.1, 0.15) is 24.8 Å². The molecule has 2 aromatic carbocycles. The average molecular weight is 461 g/mol. The second kappa shape index (κ2) is 8.61. The molecule has 7 nitrogen and oxygen atoms in total. The van der Waals surface area contributed by atoms with Crippen molar-refractivity contribution in [2.75, 3.05) is 20.3 Å². The minimum absolute atomic E-state index is 0.243. The van der Waals surface area contributed by atoms with E-state index in [1.165, 1.54) is 11.6 Å². The first-order chi connectivity index (χ1) is 16.7. The molecular formula is C26H25FN4O3. The van der Waals surface area contributed by atoms with Gasteiger partial charge in [0.15, 0.2) is 11.5 Å². The van der Waals surface area contributed by atoms with Crippen LogP contribution in [-0.2, 0) is 19.4 Å². The standard InChI is InChI=1S/C26H25FN4O3/c1-32-19-3-5-23-20(12-19)24(6-7-28-23)31-15-17-10-18(2-4-22(17)30-31)29-14-16-11-25-26(13-21(16)27)34-9-8-33-25/h3,5-7,11-13,15,18,29H,2,4,8-10,14H2,1H3. The second-order valence-electron chi connectivity index (χ2n) is 8.67. The fraction of sp³-hybridized carbons (Fsp3) is 0.308. The van der Waals surface area contributed by atoms with Crippen LogP contribution in [0.4, 0.5) is 4.39 Å². The topological polar surface area (TPSA) is 70.4 Å². The molecule has 174 valence electrons. The van der Waals surface area contributed by atoms with Crippen molar-refractivity contribution >= 4 is 10.9 Å². The van der Waals surface area contributed by atoms with Crippen LogP contribution >= 0.6 is 0 Å². The molecular weight excluding hydrogens is 435 g/mol. The summed E-state index contributed by atoms with van der Waals surface area (Å²) in [6, 6.07) is 11.2. The van der Waals surface area contributed by atoms with Gasteiger partial charge in [-0.1, -0.05) is 0 Å². The van der Waals surface area contributed by atoms with Crippen LogP contribution < -0.4 is 19.5 Å². The summed E-state index contributed by atoms with van der Waals surface area (Å²) in [4.78, 5) is 4.47. The average Bonchev–Trinajstić information content (AvgIpc) is 3.30. The number of nitrogens with one attached hydrogen (secondary N) is 1. The zero-order valence-corrected chi connectivity index (χ0v) is 18.9. The third-order valence-electron chi connectivity index (χ3n) is 6.54. The predicted octanol–water partition coefficient (Wildman–Crippen LogP) is 3.99. The van der Waals surface area contributed by atoms with Gasteiger partial charge in [0.05, 0.1) is 24.0 Å². The molecule has 1 aliphatic heterocycles. The molecule has 0 amide bonds. The van der Waals surface area contributed by atoms with Gasteiger partial charge in [-0.25, -0.2) is 9.07 Å². The Balaban J connectivity index is 1.20. The number of hydrogen-bond acceptors (Lipinski definition) is 6. The van der Waals surface area contributed by atoms with Gasteiger partial charge in [-0.15, -0.1) is 0 Å². The van der Waals surface area contributed by atoms with Crippen molar-refractivity contribution in [1.29, 1.82) is 0 Å². The molecule has 0 saturated heterocycles. The SMILES string of the molecule is COc1ccc2nccc(-n3cc4c(n3)CCC(NCc3cc5c(cc3F)OCCO5)C4)c2c1. The van der Waals surface area contributed by atoms with Crippen LogP contribution in [0, 0.1) is 5.82 Å². The number of methoxy groups -OCH3 is 1. The summed E-state index contributed by atoms with van der Waals surface area (Å²) in [5.41, 5.74) is 4.77. The molecule has 0 radical (unpaired) electrons. The molecule has 3 heterocycles. The van der Waals surface area contributed by atoms with E-state index in [9.17, 15) is 4.39 Å². The molecule has 1 aliphatic carbocycles. The van der Waals surface area contributed by atoms with Gasteiger partial charge in [0, 0.05) is 42.0 Å². The number of rotatable bonds is 5. The number of halogens is 1. The number of pyridine rings is 1. The van der Waals surface area contributed by atoms with Crippen molar-refractivity contribution in [3.63, 3.8) is 0 Å². The third kappa shape index (κ3) is 3.84. The van der Waals surface area contributed by atoms with E-state index in [4.69, 9.17) is 19.3 Å². The number of fused-ring (bicyclic) bond motifs is 3. The minimum Gasteiger partial charge on any atom is -0.497 e. The number of aromatic nitrogens is 3. The lowest BCUT2D eigenvalue weighted by Gasteiger charge is -2.23. The molecule has 2 aromatic heterocycles. The van der Waals surface area contributed by atoms with Crippen LogP contribution in [0.25, 0.3) is 16.6 Å². The molecule has 0 bridgehead atoms. The predicted molar refractivity (Wildman–Crippen MR) is 125 cm³/mol. The minimum atomic E-state index is -0.277. The quantitative estimate of drug-likeness (QED) is 0.486. The van der Waals surface area contributed by atoms with E-state index >= 15 is 0 Å². The van der Waals surface area contributed by atoms with Crippen LogP contribution in [-0.4, -0.2) is 41.1 Å². The molecule has 6 rings (SSSR count). The van der Waals surface area contributed by atoms with Crippen LogP contribution in [0.5, 0.6) is 17.2 Å². The van der Waals surface area contributed by atoms with Crippen molar-refractivity contribution in [3.8, 4) is 22.9 Å².